The summed E-state index contributed by atoms with van der Waals surface area (Å²) in [6.45, 7) is 1.78. The molecule has 2 rings (SSSR count). The topological polar surface area (TPSA) is 75.8 Å². The lowest BCUT2D eigenvalue weighted by Gasteiger charge is -2.22. The first-order valence-corrected chi connectivity index (χ1v) is 6.61. The zero-order chi connectivity index (χ0) is 14.7. The molecule has 5 nitrogen and oxygen atoms in total. The van der Waals surface area contributed by atoms with Crippen molar-refractivity contribution < 1.29 is 19.0 Å². The number of likely N-dealkylation sites (N-methyl/N-ethyl adjacent to an activating group) is 1. The lowest BCUT2D eigenvalue weighted by Crippen LogP contribution is -2.25. The van der Waals surface area contributed by atoms with Gasteiger partial charge in [0.2, 0.25) is 0 Å². The van der Waals surface area contributed by atoms with E-state index in [1.807, 2.05) is 0 Å². The summed E-state index contributed by atoms with van der Waals surface area (Å²) in [4.78, 5) is 12.9. The maximum Gasteiger partial charge on any atom is 0.340 e. The highest BCUT2D eigenvalue weighted by molar-refractivity contribution is 6.00. The highest BCUT2D eigenvalue weighted by Gasteiger charge is 2.22. The van der Waals surface area contributed by atoms with Gasteiger partial charge in [-0.05, 0) is 30.9 Å². The molecule has 0 saturated heterocycles. The largest absolute Gasteiger partial charge is 0.478 e. The quantitative estimate of drug-likeness (QED) is 0.590. The number of aromatic carboxylic acids is 1. The Balaban J connectivity index is 2.02. The van der Waals surface area contributed by atoms with Crippen LogP contribution in [0.1, 0.15) is 23.2 Å². The minimum absolute atomic E-state index is 0.199. The van der Waals surface area contributed by atoms with Crippen molar-refractivity contribution in [3.63, 3.8) is 0 Å². The van der Waals surface area contributed by atoms with E-state index in [1.165, 1.54) is 25.0 Å². The number of rotatable bonds is 7. The molecule has 0 atom stereocenters. The summed E-state index contributed by atoms with van der Waals surface area (Å²) < 4.78 is 18.9. The minimum Gasteiger partial charge on any atom is -0.478 e. The highest BCUT2D eigenvalue weighted by atomic mass is 19.1. The van der Waals surface area contributed by atoms with Crippen LogP contribution in [0, 0.1) is 11.7 Å². The molecule has 20 heavy (non-hydrogen) atoms. The van der Waals surface area contributed by atoms with Crippen molar-refractivity contribution >= 4 is 17.3 Å². The number of benzene rings is 1. The Morgan fingerprint density at radius 2 is 2.25 bits per heavy atom. The standard InChI is InChI=1S/C14H19FN2O3/c1-17(6-7-20-8-9-2-3-9)11-5-4-10(15)13(16)12(11)14(18)19/h4-5,9H,2-3,6-8,16H2,1H3,(H,18,19). The van der Waals surface area contributed by atoms with Gasteiger partial charge in [0.15, 0.2) is 0 Å². The van der Waals surface area contributed by atoms with Gasteiger partial charge in [0, 0.05) is 20.2 Å². The second-order valence-corrected chi connectivity index (χ2v) is 5.10. The molecule has 0 amide bonds. The van der Waals surface area contributed by atoms with Crippen LogP contribution in [0.25, 0.3) is 0 Å². The van der Waals surface area contributed by atoms with Gasteiger partial charge in [-0.15, -0.1) is 0 Å². The molecule has 0 aliphatic heterocycles. The Kier molecular flexibility index (Phi) is 4.44. The first-order valence-electron chi connectivity index (χ1n) is 6.61. The number of nitrogens with zero attached hydrogens (tertiary/aromatic N) is 1. The van der Waals surface area contributed by atoms with Crippen molar-refractivity contribution in [3.8, 4) is 0 Å². The molecule has 110 valence electrons. The highest BCUT2D eigenvalue weighted by Crippen LogP contribution is 2.29. The van der Waals surface area contributed by atoms with E-state index in [9.17, 15) is 9.18 Å². The number of halogens is 1. The van der Waals surface area contributed by atoms with Gasteiger partial charge in [-0.3, -0.25) is 0 Å². The summed E-state index contributed by atoms with van der Waals surface area (Å²) >= 11 is 0. The number of hydrogen-bond acceptors (Lipinski definition) is 4. The fraction of sp³-hybridized carbons (Fsp3) is 0.500. The number of carboxylic acid groups (broad SMARTS) is 1. The minimum atomic E-state index is -1.23. The molecule has 1 aromatic carbocycles. The van der Waals surface area contributed by atoms with Gasteiger partial charge in [0.1, 0.15) is 11.4 Å². The van der Waals surface area contributed by atoms with Gasteiger partial charge < -0.3 is 20.5 Å². The Morgan fingerprint density at radius 3 is 2.85 bits per heavy atom. The molecule has 3 N–H and O–H groups in total. The summed E-state index contributed by atoms with van der Waals surface area (Å²) in [5.74, 6) is -1.26. The van der Waals surface area contributed by atoms with Crippen molar-refractivity contribution in [1.29, 1.82) is 0 Å². The summed E-state index contributed by atoms with van der Waals surface area (Å²) in [5, 5.41) is 9.17. The maximum absolute atomic E-state index is 13.4. The number of anilines is 2. The fourth-order valence-corrected chi connectivity index (χ4v) is 1.98. The average Bonchev–Trinajstić information content (AvgIpc) is 3.21. The van der Waals surface area contributed by atoms with E-state index in [2.05, 4.69) is 0 Å². The van der Waals surface area contributed by atoms with Crippen molar-refractivity contribution in [2.24, 2.45) is 5.92 Å². The van der Waals surface area contributed by atoms with E-state index in [0.29, 0.717) is 24.8 Å². The van der Waals surface area contributed by atoms with Crippen LogP contribution in [0.2, 0.25) is 0 Å². The summed E-state index contributed by atoms with van der Waals surface area (Å²) in [6.07, 6.45) is 2.46. The van der Waals surface area contributed by atoms with Crippen molar-refractivity contribution in [2.75, 3.05) is 37.4 Å². The van der Waals surface area contributed by atoms with Crippen molar-refractivity contribution in [1.82, 2.24) is 0 Å². The van der Waals surface area contributed by atoms with Crippen LogP contribution < -0.4 is 10.6 Å². The van der Waals surface area contributed by atoms with Gasteiger partial charge in [-0.25, -0.2) is 9.18 Å². The van der Waals surface area contributed by atoms with E-state index in [-0.39, 0.29) is 11.3 Å². The van der Waals surface area contributed by atoms with Gasteiger partial charge in [-0.1, -0.05) is 0 Å². The van der Waals surface area contributed by atoms with E-state index in [4.69, 9.17) is 15.6 Å². The van der Waals surface area contributed by atoms with Gasteiger partial charge in [0.25, 0.3) is 0 Å². The maximum atomic E-state index is 13.4. The molecule has 0 bridgehead atoms. The molecule has 1 aromatic rings. The number of carboxylic acids is 1. The third kappa shape index (κ3) is 3.39. The predicted molar refractivity (Wildman–Crippen MR) is 74.6 cm³/mol. The number of nitrogen functional groups attached to an aromatic ring is 1. The smallest absolute Gasteiger partial charge is 0.340 e. The zero-order valence-electron chi connectivity index (χ0n) is 11.4. The van der Waals surface area contributed by atoms with Crippen LogP contribution in [0.3, 0.4) is 0 Å². The van der Waals surface area contributed by atoms with Crippen LogP contribution in [-0.4, -0.2) is 37.9 Å². The number of carbonyl (C=O) groups is 1. The molecule has 0 spiro atoms. The normalized spacial score (nSPS) is 14.3. The summed E-state index contributed by atoms with van der Waals surface area (Å²) in [5.41, 5.74) is 5.37. The van der Waals surface area contributed by atoms with E-state index in [0.717, 1.165) is 6.61 Å². The van der Waals surface area contributed by atoms with Gasteiger partial charge in [-0.2, -0.15) is 0 Å². The molecule has 0 aromatic heterocycles. The van der Waals surface area contributed by atoms with Crippen molar-refractivity contribution in [2.45, 2.75) is 12.8 Å². The molecule has 1 aliphatic rings. The van der Waals surface area contributed by atoms with E-state index in [1.54, 1.807) is 11.9 Å². The average molecular weight is 282 g/mol. The predicted octanol–water partition coefficient (Wildman–Crippen LogP) is 1.97. The van der Waals surface area contributed by atoms with Crippen LogP contribution >= 0.6 is 0 Å². The van der Waals surface area contributed by atoms with E-state index >= 15 is 0 Å². The second kappa shape index (κ2) is 6.09. The van der Waals surface area contributed by atoms with Gasteiger partial charge >= 0.3 is 5.97 Å². The molecule has 6 heteroatoms. The molecule has 0 radical (unpaired) electrons. The van der Waals surface area contributed by atoms with Crippen LogP contribution in [0.5, 0.6) is 0 Å². The molecule has 0 unspecified atom stereocenters. The molecular formula is C14H19FN2O3. The monoisotopic (exact) mass is 282 g/mol. The molecular weight excluding hydrogens is 263 g/mol. The first-order chi connectivity index (χ1) is 9.50. The Labute approximate surface area is 117 Å². The van der Waals surface area contributed by atoms with Crippen LogP contribution in [0.4, 0.5) is 15.8 Å². The molecule has 0 heterocycles. The fourth-order valence-electron chi connectivity index (χ4n) is 1.98. The Hall–Kier alpha value is -1.82. The van der Waals surface area contributed by atoms with E-state index < -0.39 is 11.8 Å². The SMILES string of the molecule is CN(CCOCC1CC1)c1ccc(F)c(N)c1C(=O)O. The Morgan fingerprint density at radius 1 is 1.55 bits per heavy atom. The summed E-state index contributed by atoms with van der Waals surface area (Å²) in [6, 6.07) is 2.61. The van der Waals surface area contributed by atoms with Gasteiger partial charge in [0.05, 0.1) is 18.0 Å². The zero-order valence-corrected chi connectivity index (χ0v) is 11.4. The van der Waals surface area contributed by atoms with Crippen LogP contribution in [-0.2, 0) is 4.74 Å². The second-order valence-electron chi connectivity index (χ2n) is 5.10. The Bertz CT molecular complexity index is 503. The molecule has 1 saturated carbocycles. The lowest BCUT2D eigenvalue weighted by molar-refractivity contribution is 0.0698. The summed E-state index contributed by atoms with van der Waals surface area (Å²) in [7, 11) is 1.74. The third-order valence-electron chi connectivity index (χ3n) is 3.42. The first kappa shape index (κ1) is 14.6. The lowest BCUT2D eigenvalue weighted by atomic mass is 10.1. The third-order valence-corrected chi connectivity index (χ3v) is 3.42. The van der Waals surface area contributed by atoms with Crippen LogP contribution in [0.15, 0.2) is 12.1 Å². The molecule has 1 fully saturated rings. The number of hydrogen-bond donors (Lipinski definition) is 2. The molecule has 1 aliphatic carbocycles. The van der Waals surface area contributed by atoms with Crippen molar-refractivity contribution in [3.05, 3.63) is 23.5 Å². The number of nitrogens with two attached hydrogens (primary N) is 1. The number of ether oxygens (including phenoxy) is 1.